The van der Waals surface area contributed by atoms with E-state index < -0.39 is 30.3 Å². The van der Waals surface area contributed by atoms with Gasteiger partial charge in [0.15, 0.2) is 0 Å². The molecule has 0 spiro atoms. The van der Waals surface area contributed by atoms with Crippen LogP contribution in [0.4, 0.5) is 26.3 Å². The Morgan fingerprint density at radius 2 is 1.37 bits per heavy atom. The first-order valence-electron chi connectivity index (χ1n) is 7.11. The predicted molar refractivity (Wildman–Crippen MR) is 77.2 cm³/mol. The Morgan fingerprint density at radius 3 is 1.74 bits per heavy atom. The van der Waals surface area contributed by atoms with Gasteiger partial charge in [-0.2, -0.15) is 26.3 Å². The lowest BCUT2D eigenvalue weighted by atomic mass is 10.1. The summed E-state index contributed by atoms with van der Waals surface area (Å²) >= 11 is 0. The minimum absolute atomic E-state index is 0.0269. The molecule has 1 heterocycles. The van der Waals surface area contributed by atoms with Gasteiger partial charge in [0, 0.05) is 18.0 Å². The van der Waals surface area contributed by atoms with Crippen LogP contribution in [0.15, 0.2) is 30.6 Å². The second-order valence-corrected chi connectivity index (χ2v) is 5.20. The lowest BCUT2D eigenvalue weighted by Crippen LogP contribution is -2.46. The lowest BCUT2D eigenvalue weighted by molar-refractivity contribution is -0.193. The fraction of sp³-hybridized carbons (Fsp3) is 0.333. The van der Waals surface area contributed by atoms with E-state index in [9.17, 15) is 35.9 Å². The lowest BCUT2D eigenvalue weighted by Gasteiger charge is -2.32. The van der Waals surface area contributed by atoms with Gasteiger partial charge in [0.25, 0.3) is 0 Å². The van der Waals surface area contributed by atoms with Gasteiger partial charge in [-0.05, 0) is 18.2 Å². The molecule has 1 aliphatic heterocycles. The summed E-state index contributed by atoms with van der Waals surface area (Å²) in [6.45, 7) is 0. The molecule has 0 N–H and O–H groups in total. The number of hydrogen-bond donors (Lipinski definition) is 0. The first kappa shape index (κ1) is 20.4. The number of alkyl halides is 6. The highest BCUT2D eigenvalue weighted by atomic mass is 19.4. The zero-order valence-corrected chi connectivity index (χ0v) is 13.8. The number of carbonyl (C=O) groups excluding carboxylic acids is 2. The predicted octanol–water partition coefficient (Wildman–Crippen LogP) is 2.97. The summed E-state index contributed by atoms with van der Waals surface area (Å²) in [7, 11) is 2.34. The van der Waals surface area contributed by atoms with Gasteiger partial charge in [-0.1, -0.05) is 0 Å². The average Bonchev–Trinajstić information content (AvgIpc) is 3.02. The summed E-state index contributed by atoms with van der Waals surface area (Å²) in [6, 6.07) is 3.64. The van der Waals surface area contributed by atoms with E-state index in [4.69, 9.17) is 9.47 Å². The van der Waals surface area contributed by atoms with Gasteiger partial charge in [0.05, 0.1) is 14.2 Å². The minimum Gasteiger partial charge on any atom is -0.497 e. The van der Waals surface area contributed by atoms with Crippen LogP contribution in [-0.4, -0.2) is 48.2 Å². The number of benzene rings is 1. The number of nitrogens with zero attached hydrogens (tertiary/aromatic N) is 2. The van der Waals surface area contributed by atoms with E-state index in [1.165, 1.54) is 19.2 Å². The van der Waals surface area contributed by atoms with Crippen LogP contribution in [0.1, 0.15) is 11.7 Å². The first-order chi connectivity index (χ1) is 12.4. The van der Waals surface area contributed by atoms with Crippen LogP contribution in [0.2, 0.25) is 0 Å². The van der Waals surface area contributed by atoms with Crippen molar-refractivity contribution in [3.8, 4) is 11.5 Å². The van der Waals surface area contributed by atoms with Gasteiger partial charge < -0.3 is 9.47 Å². The van der Waals surface area contributed by atoms with Gasteiger partial charge in [-0.15, -0.1) is 0 Å². The molecule has 0 atom stereocenters. The molecule has 2 amide bonds. The standard InChI is InChI=1S/C15H12F6N2O4/c1-26-8-3-4-10(27-2)9(7-8)11-22(12(24)14(16,17)18)5-6-23(11)13(25)15(19,20)21/h3-7,11H,1-2H3. The molecule has 0 radical (unpaired) electrons. The summed E-state index contributed by atoms with van der Waals surface area (Å²) in [5.74, 6) is -4.99. The smallest absolute Gasteiger partial charge is 0.471 e. The first-order valence-corrected chi connectivity index (χ1v) is 7.11. The summed E-state index contributed by atoms with van der Waals surface area (Å²) in [5.41, 5.74) is -0.308. The van der Waals surface area contributed by atoms with E-state index in [0.29, 0.717) is 12.4 Å². The maximum atomic E-state index is 12.9. The fourth-order valence-electron chi connectivity index (χ4n) is 2.43. The van der Waals surface area contributed by atoms with Gasteiger partial charge in [-0.25, -0.2) is 0 Å². The fourth-order valence-corrected chi connectivity index (χ4v) is 2.43. The topological polar surface area (TPSA) is 59.1 Å². The largest absolute Gasteiger partial charge is 0.497 e. The van der Waals surface area contributed by atoms with E-state index in [2.05, 4.69) is 0 Å². The Morgan fingerprint density at radius 1 is 0.889 bits per heavy atom. The monoisotopic (exact) mass is 398 g/mol. The van der Waals surface area contributed by atoms with Crippen LogP contribution in [-0.2, 0) is 9.59 Å². The van der Waals surface area contributed by atoms with Crippen LogP contribution in [0, 0.1) is 0 Å². The molecule has 6 nitrogen and oxygen atoms in total. The van der Waals surface area contributed by atoms with Crippen LogP contribution >= 0.6 is 0 Å². The molecule has 148 valence electrons. The molecule has 1 aromatic rings. The van der Waals surface area contributed by atoms with Crippen molar-refractivity contribution in [2.75, 3.05) is 14.2 Å². The number of methoxy groups -OCH3 is 2. The van der Waals surface area contributed by atoms with Crippen molar-refractivity contribution >= 4 is 11.8 Å². The Labute approximate surface area is 148 Å². The number of ether oxygens (including phenoxy) is 2. The third kappa shape index (κ3) is 3.93. The minimum atomic E-state index is -5.38. The third-order valence-electron chi connectivity index (χ3n) is 3.58. The Balaban J connectivity index is 2.62. The SMILES string of the molecule is COc1ccc(OC)c(C2N(C(=O)C(F)(F)F)C=CN2C(=O)C(F)(F)F)c1. The summed E-state index contributed by atoms with van der Waals surface area (Å²) in [4.78, 5) is 23.3. The van der Waals surface area contributed by atoms with E-state index >= 15 is 0 Å². The second kappa shape index (κ2) is 7.00. The molecule has 1 aromatic carbocycles. The van der Waals surface area contributed by atoms with Gasteiger partial charge in [0.2, 0.25) is 0 Å². The number of halogens is 6. The van der Waals surface area contributed by atoms with Gasteiger partial charge >= 0.3 is 24.2 Å². The maximum Gasteiger partial charge on any atom is 0.471 e. The third-order valence-corrected chi connectivity index (χ3v) is 3.58. The quantitative estimate of drug-likeness (QED) is 0.735. The van der Waals surface area contributed by atoms with Crippen molar-refractivity contribution in [3.63, 3.8) is 0 Å². The highest BCUT2D eigenvalue weighted by Gasteiger charge is 2.52. The molecule has 0 aliphatic carbocycles. The zero-order valence-electron chi connectivity index (χ0n) is 13.8. The molecule has 27 heavy (non-hydrogen) atoms. The van der Waals surface area contributed by atoms with Crippen LogP contribution in [0.3, 0.4) is 0 Å². The van der Waals surface area contributed by atoms with Crippen molar-refractivity contribution in [2.24, 2.45) is 0 Å². The molecule has 0 saturated heterocycles. The Kier molecular flexibility index (Phi) is 5.29. The molecule has 0 unspecified atom stereocenters. The summed E-state index contributed by atoms with van der Waals surface area (Å²) in [6.07, 6.45) is -11.9. The second-order valence-electron chi connectivity index (χ2n) is 5.20. The molecule has 0 aromatic heterocycles. The van der Waals surface area contributed by atoms with E-state index in [-0.39, 0.29) is 26.9 Å². The van der Waals surface area contributed by atoms with E-state index in [1.807, 2.05) is 0 Å². The van der Waals surface area contributed by atoms with Gasteiger partial charge in [0.1, 0.15) is 17.7 Å². The molecular weight excluding hydrogens is 386 g/mol. The zero-order chi connectivity index (χ0) is 20.6. The Hall–Kier alpha value is -2.92. The van der Waals surface area contributed by atoms with Crippen molar-refractivity contribution in [1.29, 1.82) is 0 Å². The maximum absolute atomic E-state index is 12.9. The van der Waals surface area contributed by atoms with Crippen LogP contribution in [0.25, 0.3) is 0 Å². The molecule has 0 bridgehead atoms. The molecule has 0 fully saturated rings. The number of rotatable bonds is 3. The highest BCUT2D eigenvalue weighted by molar-refractivity contribution is 5.87. The molecule has 2 rings (SSSR count). The highest BCUT2D eigenvalue weighted by Crippen LogP contribution is 2.41. The van der Waals surface area contributed by atoms with E-state index in [1.54, 1.807) is 0 Å². The molecule has 12 heteroatoms. The van der Waals surface area contributed by atoms with Crippen molar-refractivity contribution in [3.05, 3.63) is 36.2 Å². The Bertz CT molecular complexity index is 739. The van der Waals surface area contributed by atoms with Crippen molar-refractivity contribution in [1.82, 2.24) is 9.80 Å². The average molecular weight is 398 g/mol. The molecular formula is C15H12F6N2O4. The number of amides is 2. The van der Waals surface area contributed by atoms with Gasteiger partial charge in [-0.3, -0.25) is 19.4 Å². The number of hydrogen-bond acceptors (Lipinski definition) is 4. The van der Waals surface area contributed by atoms with Crippen molar-refractivity contribution in [2.45, 2.75) is 18.5 Å². The van der Waals surface area contributed by atoms with Crippen LogP contribution < -0.4 is 9.47 Å². The summed E-state index contributed by atoms with van der Waals surface area (Å²) in [5, 5.41) is 0. The normalized spacial score (nSPS) is 15.3. The molecule has 1 aliphatic rings. The summed E-state index contributed by atoms with van der Waals surface area (Å²) < 4.78 is 87.1. The van der Waals surface area contributed by atoms with Crippen LogP contribution in [0.5, 0.6) is 11.5 Å². The molecule has 0 saturated carbocycles. The number of carbonyl (C=O) groups is 2. The van der Waals surface area contributed by atoms with Crippen molar-refractivity contribution < 1.29 is 45.4 Å². The van der Waals surface area contributed by atoms with E-state index in [0.717, 1.165) is 13.2 Å².